The summed E-state index contributed by atoms with van der Waals surface area (Å²) < 4.78 is 6.02. The first-order valence-electron chi connectivity index (χ1n) is 9.40. The highest BCUT2D eigenvalue weighted by Crippen LogP contribution is 2.27. The van der Waals surface area contributed by atoms with Crippen molar-refractivity contribution in [1.29, 1.82) is 5.26 Å². The minimum absolute atomic E-state index is 0.327. The molecule has 1 aromatic carbocycles. The van der Waals surface area contributed by atoms with Crippen molar-refractivity contribution >= 4 is 0 Å². The Hall–Kier alpha value is -1.37. The minimum Gasteiger partial charge on any atom is -0.378 e. The summed E-state index contributed by atoms with van der Waals surface area (Å²) in [5.41, 5.74) is 2.62. The van der Waals surface area contributed by atoms with Crippen LogP contribution in [0.25, 0.3) is 0 Å². The van der Waals surface area contributed by atoms with Crippen molar-refractivity contribution in [3.63, 3.8) is 0 Å². The van der Waals surface area contributed by atoms with Gasteiger partial charge >= 0.3 is 0 Å². The number of ether oxygens (including phenoxy) is 1. The van der Waals surface area contributed by atoms with Gasteiger partial charge in [-0.2, -0.15) is 5.26 Å². The minimum atomic E-state index is 0.327. The molecular formula is C21H32N2O. The van der Waals surface area contributed by atoms with Crippen molar-refractivity contribution in [2.45, 2.75) is 65.0 Å². The Morgan fingerprint density at radius 3 is 2.71 bits per heavy atom. The van der Waals surface area contributed by atoms with Crippen LogP contribution in [0.1, 0.15) is 63.1 Å². The topological polar surface area (TPSA) is 45.0 Å². The Morgan fingerprint density at radius 2 is 2.04 bits per heavy atom. The third kappa shape index (κ3) is 5.61. The van der Waals surface area contributed by atoms with Gasteiger partial charge in [-0.05, 0) is 50.0 Å². The lowest BCUT2D eigenvalue weighted by Gasteiger charge is -2.35. The highest BCUT2D eigenvalue weighted by atomic mass is 16.5. The van der Waals surface area contributed by atoms with E-state index in [-0.39, 0.29) is 0 Å². The van der Waals surface area contributed by atoms with Gasteiger partial charge in [-0.3, -0.25) is 0 Å². The predicted octanol–water partition coefficient (Wildman–Crippen LogP) is 4.77. The van der Waals surface area contributed by atoms with Gasteiger partial charge in [0.25, 0.3) is 0 Å². The van der Waals surface area contributed by atoms with Crippen molar-refractivity contribution in [2.24, 2.45) is 11.8 Å². The Morgan fingerprint density at radius 1 is 1.29 bits per heavy atom. The summed E-state index contributed by atoms with van der Waals surface area (Å²) in [6.45, 7) is 8.53. The zero-order valence-corrected chi connectivity index (χ0v) is 15.4. The van der Waals surface area contributed by atoms with Crippen LogP contribution >= 0.6 is 0 Å². The van der Waals surface area contributed by atoms with E-state index in [1.165, 1.54) is 24.0 Å². The van der Waals surface area contributed by atoms with Crippen LogP contribution in [0.5, 0.6) is 0 Å². The van der Waals surface area contributed by atoms with Gasteiger partial charge in [0.2, 0.25) is 0 Å². The second-order valence-corrected chi connectivity index (χ2v) is 7.40. The summed E-state index contributed by atoms with van der Waals surface area (Å²) >= 11 is 0. The van der Waals surface area contributed by atoms with Gasteiger partial charge < -0.3 is 10.1 Å². The van der Waals surface area contributed by atoms with E-state index in [1.807, 2.05) is 0 Å². The second-order valence-electron chi connectivity index (χ2n) is 7.40. The fraction of sp³-hybridized carbons (Fsp3) is 0.667. The number of hydrogen-bond acceptors (Lipinski definition) is 3. The van der Waals surface area contributed by atoms with E-state index in [2.05, 4.69) is 56.4 Å². The fourth-order valence-electron chi connectivity index (χ4n) is 3.68. The highest BCUT2D eigenvalue weighted by Gasteiger charge is 2.28. The van der Waals surface area contributed by atoms with Gasteiger partial charge in [-0.15, -0.1) is 0 Å². The van der Waals surface area contributed by atoms with Crippen molar-refractivity contribution in [2.75, 3.05) is 13.2 Å². The maximum absolute atomic E-state index is 8.83. The summed E-state index contributed by atoms with van der Waals surface area (Å²) in [5, 5.41) is 12.6. The molecule has 0 amide bonds. The molecule has 0 radical (unpaired) electrons. The first-order valence-corrected chi connectivity index (χ1v) is 9.40. The molecule has 0 aliphatic carbocycles. The lowest BCUT2D eigenvalue weighted by Crippen LogP contribution is -2.40. The zero-order valence-electron chi connectivity index (χ0n) is 15.4. The molecule has 0 unspecified atom stereocenters. The summed E-state index contributed by atoms with van der Waals surface area (Å²) in [4.78, 5) is 0. The first-order chi connectivity index (χ1) is 11.6. The van der Waals surface area contributed by atoms with Crippen molar-refractivity contribution in [1.82, 2.24) is 5.32 Å². The number of rotatable bonds is 8. The number of benzene rings is 1. The first kappa shape index (κ1) is 19.0. The molecular weight excluding hydrogens is 296 g/mol. The van der Waals surface area contributed by atoms with E-state index in [4.69, 9.17) is 10.00 Å². The van der Waals surface area contributed by atoms with E-state index in [0.717, 1.165) is 26.0 Å². The molecule has 1 aromatic rings. The third-order valence-electron chi connectivity index (χ3n) is 5.04. The Bertz CT molecular complexity index is 518. The fourth-order valence-corrected chi connectivity index (χ4v) is 3.68. The summed E-state index contributed by atoms with van der Waals surface area (Å²) in [7, 11) is 0. The maximum atomic E-state index is 8.83. The number of nitriles is 1. The summed E-state index contributed by atoms with van der Waals surface area (Å²) in [6, 6.07) is 11.4. The van der Waals surface area contributed by atoms with Gasteiger partial charge in [-0.25, -0.2) is 0 Å². The largest absolute Gasteiger partial charge is 0.378 e. The molecule has 1 N–H and O–H groups in total. The van der Waals surface area contributed by atoms with Crippen molar-refractivity contribution < 1.29 is 4.74 Å². The number of nitrogens with one attached hydrogen (secondary N) is 1. The summed E-state index contributed by atoms with van der Waals surface area (Å²) in [5.74, 6) is 1.15. The average molecular weight is 329 g/mol. The lowest BCUT2D eigenvalue weighted by atomic mass is 9.87. The monoisotopic (exact) mass is 328 g/mol. The molecule has 132 valence electrons. The lowest BCUT2D eigenvalue weighted by molar-refractivity contribution is -0.0522. The third-order valence-corrected chi connectivity index (χ3v) is 5.04. The van der Waals surface area contributed by atoms with Crippen LogP contribution in [0, 0.1) is 30.1 Å². The van der Waals surface area contributed by atoms with Gasteiger partial charge in [-0.1, -0.05) is 43.7 Å². The van der Waals surface area contributed by atoms with Gasteiger partial charge in [0.15, 0.2) is 0 Å². The standard InChI is InChI=1S/C21H32N2O/c1-16(2)21-19(7-6-14-24-21)15-23-20(8-4-5-13-22)18-11-9-17(3)10-12-18/h9-12,16,19-21,23H,4-8,14-15H2,1-3H3/t19-,20-,21+/m0/s1. The Labute approximate surface area is 147 Å². The molecule has 3 heteroatoms. The highest BCUT2D eigenvalue weighted by molar-refractivity contribution is 5.24. The number of unbranched alkanes of at least 4 members (excludes halogenated alkanes) is 1. The molecule has 1 aliphatic heterocycles. The van der Waals surface area contributed by atoms with Gasteiger partial charge in [0, 0.05) is 25.6 Å². The molecule has 0 aromatic heterocycles. The number of nitrogens with zero attached hydrogens (tertiary/aromatic N) is 1. The molecule has 2 rings (SSSR count). The smallest absolute Gasteiger partial charge is 0.0638 e. The van der Waals surface area contributed by atoms with Crippen LogP contribution in [0.15, 0.2) is 24.3 Å². The molecule has 1 saturated heterocycles. The van der Waals surface area contributed by atoms with E-state index in [1.54, 1.807) is 0 Å². The molecule has 0 bridgehead atoms. The predicted molar refractivity (Wildman–Crippen MR) is 98.7 cm³/mol. The number of aryl methyl sites for hydroxylation is 1. The van der Waals surface area contributed by atoms with E-state index >= 15 is 0 Å². The van der Waals surface area contributed by atoms with Crippen LogP contribution in [0.3, 0.4) is 0 Å². The Kier molecular flexibility index (Phi) is 7.75. The van der Waals surface area contributed by atoms with Crippen LogP contribution in [0.2, 0.25) is 0 Å². The molecule has 3 nitrogen and oxygen atoms in total. The van der Waals surface area contributed by atoms with E-state index in [0.29, 0.717) is 30.4 Å². The zero-order chi connectivity index (χ0) is 17.4. The molecule has 0 saturated carbocycles. The van der Waals surface area contributed by atoms with Crippen LogP contribution in [0.4, 0.5) is 0 Å². The average Bonchev–Trinajstić information content (AvgIpc) is 2.59. The van der Waals surface area contributed by atoms with Crippen molar-refractivity contribution in [3.05, 3.63) is 35.4 Å². The van der Waals surface area contributed by atoms with Gasteiger partial charge in [0.1, 0.15) is 0 Å². The normalized spacial score (nSPS) is 22.3. The molecule has 1 aliphatic rings. The van der Waals surface area contributed by atoms with Crippen molar-refractivity contribution in [3.8, 4) is 6.07 Å². The molecule has 3 atom stereocenters. The molecule has 1 heterocycles. The van der Waals surface area contributed by atoms with Crippen LogP contribution in [-0.2, 0) is 4.74 Å². The molecule has 24 heavy (non-hydrogen) atoms. The van der Waals surface area contributed by atoms with Crippen LogP contribution < -0.4 is 5.32 Å². The summed E-state index contributed by atoms with van der Waals surface area (Å²) in [6.07, 6.45) is 5.36. The Balaban J connectivity index is 1.98. The van der Waals surface area contributed by atoms with Gasteiger partial charge in [0.05, 0.1) is 12.2 Å². The van der Waals surface area contributed by atoms with E-state index in [9.17, 15) is 0 Å². The number of hydrogen-bond donors (Lipinski definition) is 1. The van der Waals surface area contributed by atoms with E-state index < -0.39 is 0 Å². The van der Waals surface area contributed by atoms with Crippen LogP contribution in [-0.4, -0.2) is 19.3 Å². The molecule has 1 fully saturated rings. The molecule has 0 spiro atoms. The maximum Gasteiger partial charge on any atom is 0.0638 e. The second kappa shape index (κ2) is 9.81. The quantitative estimate of drug-likeness (QED) is 0.699. The SMILES string of the molecule is Cc1ccc([C@H](CCCC#N)NC[C@@H]2CCCO[C@@H]2C(C)C)cc1.